The smallest absolute Gasteiger partial charge is 0.338 e. The number of carbonyl (C=O) groups is 2. The van der Waals surface area contributed by atoms with Crippen molar-refractivity contribution in [2.75, 3.05) is 13.2 Å². The van der Waals surface area contributed by atoms with Crippen LogP contribution in [0, 0.1) is 5.92 Å². The van der Waals surface area contributed by atoms with Crippen LogP contribution in [0.5, 0.6) is 0 Å². The number of hydrogen-bond acceptors (Lipinski definition) is 12. The van der Waals surface area contributed by atoms with Crippen molar-refractivity contribution in [3.63, 3.8) is 0 Å². The van der Waals surface area contributed by atoms with Crippen LogP contribution in [0.1, 0.15) is 50.6 Å². The van der Waals surface area contributed by atoms with Crippen LogP contribution in [0.3, 0.4) is 0 Å². The molecule has 0 bridgehead atoms. The summed E-state index contributed by atoms with van der Waals surface area (Å²) in [5.41, 5.74) is 3.22. The minimum atomic E-state index is -1.40. The van der Waals surface area contributed by atoms with Gasteiger partial charge in [-0.15, -0.1) is 0 Å². The van der Waals surface area contributed by atoms with Gasteiger partial charge in [-0.25, -0.2) is 9.59 Å². The molecule has 0 spiro atoms. The van der Waals surface area contributed by atoms with Gasteiger partial charge in [-0.2, -0.15) is 0 Å². The second-order valence-electron chi connectivity index (χ2n) is 15.0. The van der Waals surface area contributed by atoms with Gasteiger partial charge in [0.1, 0.15) is 24.4 Å². The van der Waals surface area contributed by atoms with Gasteiger partial charge in [0.25, 0.3) is 0 Å². The second kappa shape index (κ2) is 19.9. The molecule has 3 aliphatic rings. The molecule has 5 aromatic rings. The molecule has 12 heteroatoms. The third-order valence-electron chi connectivity index (χ3n) is 10.8. The monoisotopic (exact) mass is 816 g/mol. The van der Waals surface area contributed by atoms with Crippen LogP contribution < -0.4 is 0 Å². The molecule has 12 nitrogen and oxygen atoms in total. The highest BCUT2D eigenvalue weighted by Gasteiger charge is 2.55. The summed E-state index contributed by atoms with van der Waals surface area (Å²) in [4.78, 5) is 27.3. The van der Waals surface area contributed by atoms with Gasteiger partial charge in [0.2, 0.25) is 0 Å². The largest absolute Gasteiger partial charge is 0.453 e. The highest BCUT2D eigenvalue weighted by atomic mass is 16.8. The summed E-state index contributed by atoms with van der Waals surface area (Å²) >= 11 is 0. The van der Waals surface area contributed by atoms with E-state index in [9.17, 15) is 14.7 Å². The van der Waals surface area contributed by atoms with Gasteiger partial charge in [0, 0.05) is 11.5 Å². The fourth-order valence-corrected chi connectivity index (χ4v) is 7.63. The molecule has 0 aliphatic carbocycles. The van der Waals surface area contributed by atoms with Gasteiger partial charge in [-0.1, -0.05) is 134 Å². The highest BCUT2D eigenvalue weighted by Crippen LogP contribution is 2.39. The minimum absolute atomic E-state index is 0.0369. The zero-order valence-electron chi connectivity index (χ0n) is 33.1. The van der Waals surface area contributed by atoms with E-state index in [1.807, 2.05) is 104 Å². The van der Waals surface area contributed by atoms with Crippen molar-refractivity contribution < 1.29 is 57.3 Å². The van der Waals surface area contributed by atoms with Crippen molar-refractivity contribution in [2.45, 2.75) is 81.7 Å². The van der Waals surface area contributed by atoms with Gasteiger partial charge in [-0.3, -0.25) is 0 Å². The topological polar surface area (TPSA) is 137 Å². The Morgan fingerprint density at radius 3 is 1.75 bits per heavy atom. The molecule has 0 aromatic heterocycles. The molecule has 3 saturated heterocycles. The number of aliphatic hydroxyl groups is 1. The Bertz CT molecular complexity index is 2090. The Balaban J connectivity index is 1.09. The zero-order chi connectivity index (χ0) is 41.3. The summed E-state index contributed by atoms with van der Waals surface area (Å²) in [5, 5.41) is 12.1. The third-order valence-corrected chi connectivity index (χ3v) is 10.8. The number of esters is 2. The molecule has 312 valence electrons. The van der Waals surface area contributed by atoms with Gasteiger partial charge in [0.05, 0.1) is 43.7 Å². The molecule has 3 aliphatic heterocycles. The summed E-state index contributed by atoms with van der Waals surface area (Å²) < 4.78 is 57.4. The zero-order valence-corrected chi connectivity index (χ0v) is 33.1. The number of aliphatic hydroxyl groups excluding tert-OH is 1. The van der Waals surface area contributed by atoms with Gasteiger partial charge >= 0.3 is 11.9 Å². The van der Waals surface area contributed by atoms with E-state index in [1.165, 1.54) is 0 Å². The van der Waals surface area contributed by atoms with Crippen LogP contribution in [0.2, 0.25) is 0 Å². The van der Waals surface area contributed by atoms with E-state index in [0.29, 0.717) is 5.56 Å². The lowest BCUT2D eigenvalue weighted by Crippen LogP contribution is -2.65. The normalized spacial score (nSPS) is 28.9. The molecule has 60 heavy (non-hydrogen) atoms. The van der Waals surface area contributed by atoms with Crippen molar-refractivity contribution >= 4 is 11.9 Å². The average molecular weight is 817 g/mol. The van der Waals surface area contributed by atoms with Crippen molar-refractivity contribution in [2.24, 2.45) is 5.92 Å². The van der Waals surface area contributed by atoms with Crippen molar-refractivity contribution in [1.29, 1.82) is 0 Å². The summed E-state index contributed by atoms with van der Waals surface area (Å²) in [7, 11) is 0. The predicted octanol–water partition coefficient (Wildman–Crippen LogP) is 6.82. The van der Waals surface area contributed by atoms with E-state index >= 15 is 0 Å². The van der Waals surface area contributed by atoms with Gasteiger partial charge in [0.15, 0.2) is 31.1 Å². The molecule has 5 aromatic carbocycles. The van der Waals surface area contributed by atoms with Gasteiger partial charge in [-0.05, 0) is 35.4 Å². The molecule has 0 radical (unpaired) electrons. The summed E-state index contributed by atoms with van der Waals surface area (Å²) in [5.74, 6) is -1.89. The molecule has 11 unspecified atom stereocenters. The highest BCUT2D eigenvalue weighted by molar-refractivity contribution is 5.90. The number of carbonyl (C=O) groups excluding carboxylic acids is 2. The maximum atomic E-state index is 13.7. The van der Waals surface area contributed by atoms with Crippen molar-refractivity contribution in [3.8, 4) is 0 Å². The molecule has 0 saturated carbocycles. The first kappa shape index (κ1) is 41.5. The molecular weight excluding hydrogens is 769 g/mol. The first-order valence-electron chi connectivity index (χ1n) is 20.2. The van der Waals surface area contributed by atoms with E-state index < -0.39 is 79.5 Å². The van der Waals surface area contributed by atoms with Crippen LogP contribution in [-0.2, 0) is 55.8 Å². The molecule has 8 rings (SSSR count). The maximum absolute atomic E-state index is 13.7. The number of fused-ring (bicyclic) bond motifs is 1. The quantitative estimate of drug-likeness (QED) is 0.118. The van der Waals surface area contributed by atoms with Crippen molar-refractivity contribution in [3.05, 3.63) is 179 Å². The SMILES string of the molecule is CC1C(OC2OC3COC(c4ccccc4)OC3C(O)C2OC(=O)c2ccccc2)C(COCc2ccccc2)OC(OCc2ccccc2)C1OC(=O)c1ccccc1. The standard InChI is InChI=1S/C48H48O12/c1-31-40(59-48-43(58-45(51)35-23-13-5-14-24-35)39(49)42-38(56-48)30-54-46(60-42)36-25-15-6-16-26-36)37(29-52-27-32-17-7-2-8-18-32)55-47(53-28-33-19-9-3-10-20-33)41(31)57-44(50)34-21-11-4-12-22-34/h2-26,31,37-43,46-49H,27-30H2,1H3. The average Bonchev–Trinajstić information content (AvgIpc) is 3.30. The summed E-state index contributed by atoms with van der Waals surface area (Å²) in [6.07, 6.45) is -10.4. The van der Waals surface area contributed by atoms with E-state index in [2.05, 4.69) is 0 Å². The Labute approximate surface area is 348 Å². The maximum Gasteiger partial charge on any atom is 0.338 e. The Kier molecular flexibility index (Phi) is 13.7. The van der Waals surface area contributed by atoms with Crippen molar-refractivity contribution in [1.82, 2.24) is 0 Å². The van der Waals surface area contributed by atoms with Crippen LogP contribution in [-0.4, -0.2) is 85.6 Å². The van der Waals surface area contributed by atoms with E-state index in [4.69, 9.17) is 42.6 Å². The molecule has 3 heterocycles. The molecule has 3 fully saturated rings. The summed E-state index contributed by atoms with van der Waals surface area (Å²) in [6, 6.07) is 45.8. The summed E-state index contributed by atoms with van der Waals surface area (Å²) in [6.45, 7) is 2.40. The Morgan fingerprint density at radius 2 is 1.15 bits per heavy atom. The lowest BCUT2D eigenvalue weighted by atomic mass is 9.89. The van der Waals surface area contributed by atoms with Gasteiger partial charge < -0.3 is 47.7 Å². The Hall–Kier alpha value is -5.28. The third kappa shape index (κ3) is 10.0. The predicted molar refractivity (Wildman–Crippen MR) is 216 cm³/mol. The fraction of sp³-hybridized carbons (Fsp3) is 0.333. The Morgan fingerprint density at radius 1 is 0.617 bits per heavy atom. The number of benzene rings is 5. The van der Waals surface area contributed by atoms with E-state index in [0.717, 1.165) is 16.7 Å². The fourth-order valence-electron chi connectivity index (χ4n) is 7.63. The molecule has 11 atom stereocenters. The lowest BCUT2D eigenvalue weighted by Gasteiger charge is -2.50. The molecule has 1 N–H and O–H groups in total. The number of hydrogen-bond donors (Lipinski definition) is 1. The first-order chi connectivity index (χ1) is 29.4. The van der Waals surface area contributed by atoms with Crippen LogP contribution in [0.25, 0.3) is 0 Å². The van der Waals surface area contributed by atoms with E-state index in [-0.39, 0.29) is 32.0 Å². The lowest BCUT2D eigenvalue weighted by molar-refractivity contribution is -0.382. The first-order valence-corrected chi connectivity index (χ1v) is 20.2. The van der Waals surface area contributed by atoms with Crippen LogP contribution in [0.15, 0.2) is 152 Å². The second-order valence-corrected chi connectivity index (χ2v) is 15.0. The van der Waals surface area contributed by atoms with E-state index in [1.54, 1.807) is 54.6 Å². The molecular formula is C48H48O12. The molecule has 0 amide bonds. The van der Waals surface area contributed by atoms with Crippen LogP contribution in [0.4, 0.5) is 0 Å². The minimum Gasteiger partial charge on any atom is -0.453 e. The number of ether oxygens (including phenoxy) is 9. The number of rotatable bonds is 14. The van der Waals surface area contributed by atoms with Crippen LogP contribution >= 0.6 is 0 Å².